The molecule has 1 aromatic carbocycles. The number of benzene rings is 1. The summed E-state index contributed by atoms with van der Waals surface area (Å²) in [7, 11) is -2.48. The Morgan fingerprint density at radius 1 is 1.06 bits per heavy atom. The summed E-state index contributed by atoms with van der Waals surface area (Å²) in [6.45, 7) is 2.11. The number of amides is 1. The monoisotopic (exact) mass is 478 g/mol. The van der Waals surface area contributed by atoms with Crippen LogP contribution in [0.1, 0.15) is 28.8 Å². The first-order valence-corrected chi connectivity index (χ1v) is 12.8. The zero-order chi connectivity index (χ0) is 22.8. The molecule has 0 unspecified atom stereocenters. The van der Waals surface area contributed by atoms with Gasteiger partial charge < -0.3 is 14.4 Å². The molecule has 0 atom stereocenters. The minimum Gasteiger partial charge on any atom is -0.465 e. The second-order valence-corrected chi connectivity index (χ2v) is 11.0. The number of esters is 1. The van der Waals surface area contributed by atoms with Gasteiger partial charge in [0.2, 0.25) is 5.91 Å². The molecule has 0 spiro atoms. The second kappa shape index (κ2) is 9.30. The molecule has 2 aliphatic heterocycles. The average molecular weight is 479 g/mol. The molecule has 2 aliphatic rings. The summed E-state index contributed by atoms with van der Waals surface area (Å²) in [6.07, 6.45) is 1.22. The van der Waals surface area contributed by atoms with Gasteiger partial charge in [-0.25, -0.2) is 13.2 Å². The average Bonchev–Trinajstić information content (AvgIpc) is 3.35. The first kappa shape index (κ1) is 22.9. The lowest BCUT2D eigenvalue weighted by Crippen LogP contribution is -2.56. The number of methoxy groups -OCH3 is 1. The Morgan fingerprint density at radius 2 is 1.72 bits per heavy atom. The maximum absolute atomic E-state index is 13.7. The van der Waals surface area contributed by atoms with Gasteiger partial charge in [-0.2, -0.15) is 4.31 Å². The number of ether oxygens (including phenoxy) is 2. The van der Waals surface area contributed by atoms with E-state index in [0.29, 0.717) is 39.1 Å². The van der Waals surface area contributed by atoms with Crippen LogP contribution in [0.15, 0.2) is 46.0 Å². The Kier molecular flexibility index (Phi) is 6.66. The predicted octanol–water partition coefficient (Wildman–Crippen LogP) is 2.12. The third kappa shape index (κ3) is 4.19. The summed E-state index contributed by atoms with van der Waals surface area (Å²) in [6, 6.07) is 11.1. The standard InChI is InChI=1S/C22H26N2O6S2/c1-29-20(25)17-15-19(31-16-17)32(27,28)24-11-9-23(10-12-24)21(26)22(7-13-30-14-8-22)18-5-3-2-4-6-18/h2-6,15-16H,7-14H2,1H3. The topological polar surface area (TPSA) is 93.2 Å². The van der Waals surface area contributed by atoms with Crippen molar-refractivity contribution in [3.8, 4) is 0 Å². The van der Waals surface area contributed by atoms with Crippen molar-refractivity contribution in [2.24, 2.45) is 0 Å². The maximum atomic E-state index is 13.7. The van der Waals surface area contributed by atoms with Crippen LogP contribution in [-0.2, 0) is 29.7 Å². The van der Waals surface area contributed by atoms with E-state index >= 15 is 0 Å². The van der Waals surface area contributed by atoms with Gasteiger partial charge in [-0.3, -0.25) is 4.79 Å². The Labute approximate surface area is 191 Å². The molecule has 2 fully saturated rings. The van der Waals surface area contributed by atoms with Crippen molar-refractivity contribution in [2.75, 3.05) is 46.5 Å². The molecular formula is C22H26N2O6S2. The molecule has 4 rings (SSSR count). The van der Waals surface area contributed by atoms with Gasteiger partial charge in [-0.1, -0.05) is 30.3 Å². The number of piperazine rings is 1. The maximum Gasteiger partial charge on any atom is 0.338 e. The summed E-state index contributed by atoms with van der Waals surface area (Å²) >= 11 is 0.995. The molecule has 2 aromatic rings. The number of hydrogen-bond acceptors (Lipinski definition) is 7. The molecular weight excluding hydrogens is 452 g/mol. The first-order valence-electron chi connectivity index (χ1n) is 10.5. The van der Waals surface area contributed by atoms with E-state index in [1.807, 2.05) is 30.3 Å². The van der Waals surface area contributed by atoms with Gasteiger partial charge in [0.25, 0.3) is 10.0 Å². The minimum atomic E-state index is -3.74. The summed E-state index contributed by atoms with van der Waals surface area (Å²) in [4.78, 5) is 27.1. The molecule has 0 radical (unpaired) electrons. The van der Waals surface area contributed by atoms with E-state index in [1.54, 1.807) is 4.90 Å². The van der Waals surface area contributed by atoms with Crippen molar-refractivity contribution >= 4 is 33.2 Å². The molecule has 1 amide bonds. The van der Waals surface area contributed by atoms with E-state index in [2.05, 4.69) is 4.74 Å². The summed E-state index contributed by atoms with van der Waals surface area (Å²) in [5.74, 6) is -0.533. The lowest BCUT2D eigenvalue weighted by Gasteiger charge is -2.42. The van der Waals surface area contributed by atoms with Crippen LogP contribution in [0.3, 0.4) is 0 Å². The highest BCUT2D eigenvalue weighted by atomic mass is 32.2. The van der Waals surface area contributed by atoms with Gasteiger partial charge in [0.1, 0.15) is 4.21 Å². The fourth-order valence-electron chi connectivity index (χ4n) is 4.34. The van der Waals surface area contributed by atoms with Crippen LogP contribution in [-0.4, -0.2) is 76.0 Å². The predicted molar refractivity (Wildman–Crippen MR) is 119 cm³/mol. The molecule has 0 N–H and O–H groups in total. The van der Waals surface area contributed by atoms with Crippen LogP contribution in [0.2, 0.25) is 0 Å². The number of hydrogen-bond donors (Lipinski definition) is 0. The first-order chi connectivity index (χ1) is 15.4. The van der Waals surface area contributed by atoms with Crippen LogP contribution >= 0.6 is 11.3 Å². The minimum absolute atomic E-state index is 0.0353. The summed E-state index contributed by atoms with van der Waals surface area (Å²) in [5, 5.41) is 1.48. The molecule has 3 heterocycles. The third-order valence-electron chi connectivity index (χ3n) is 6.20. The Bertz CT molecular complexity index is 1070. The molecule has 0 saturated carbocycles. The van der Waals surface area contributed by atoms with Crippen LogP contribution < -0.4 is 0 Å². The van der Waals surface area contributed by atoms with Gasteiger partial charge in [0.15, 0.2) is 0 Å². The Balaban J connectivity index is 1.48. The lowest BCUT2D eigenvalue weighted by molar-refractivity contribution is -0.142. The van der Waals surface area contributed by atoms with E-state index in [1.165, 1.54) is 22.9 Å². The Morgan fingerprint density at radius 3 is 2.34 bits per heavy atom. The van der Waals surface area contributed by atoms with E-state index in [-0.39, 0.29) is 28.8 Å². The van der Waals surface area contributed by atoms with Crippen LogP contribution in [0.25, 0.3) is 0 Å². The highest BCUT2D eigenvalue weighted by molar-refractivity contribution is 7.91. The second-order valence-electron chi connectivity index (χ2n) is 7.90. The van der Waals surface area contributed by atoms with Crippen LogP contribution in [0, 0.1) is 0 Å². The van der Waals surface area contributed by atoms with Gasteiger partial charge >= 0.3 is 5.97 Å². The van der Waals surface area contributed by atoms with E-state index in [9.17, 15) is 18.0 Å². The van der Waals surface area contributed by atoms with Crippen molar-refractivity contribution in [2.45, 2.75) is 22.5 Å². The van der Waals surface area contributed by atoms with E-state index < -0.39 is 21.4 Å². The number of rotatable bonds is 5. The zero-order valence-corrected chi connectivity index (χ0v) is 19.5. The van der Waals surface area contributed by atoms with Crippen LogP contribution in [0.4, 0.5) is 0 Å². The number of thiophene rings is 1. The van der Waals surface area contributed by atoms with Gasteiger partial charge in [-0.05, 0) is 24.5 Å². The quantitative estimate of drug-likeness (QED) is 0.611. The third-order valence-corrected chi connectivity index (χ3v) is 9.51. The number of carbonyl (C=O) groups excluding carboxylic acids is 2. The number of nitrogens with zero attached hydrogens (tertiary/aromatic N) is 2. The van der Waals surface area contributed by atoms with Gasteiger partial charge in [-0.15, -0.1) is 11.3 Å². The van der Waals surface area contributed by atoms with Crippen LogP contribution in [0.5, 0.6) is 0 Å². The summed E-state index contributed by atoms with van der Waals surface area (Å²) < 4.78 is 37.7. The summed E-state index contributed by atoms with van der Waals surface area (Å²) in [5.41, 5.74) is 0.565. The molecule has 32 heavy (non-hydrogen) atoms. The van der Waals surface area contributed by atoms with E-state index in [4.69, 9.17) is 4.74 Å². The fourth-order valence-corrected chi connectivity index (χ4v) is 7.06. The SMILES string of the molecule is COC(=O)c1csc(S(=O)(=O)N2CCN(C(=O)C3(c4ccccc4)CCOCC3)CC2)c1. The zero-order valence-electron chi connectivity index (χ0n) is 17.9. The smallest absolute Gasteiger partial charge is 0.338 e. The van der Waals surface area contributed by atoms with Gasteiger partial charge in [0, 0.05) is 44.8 Å². The van der Waals surface area contributed by atoms with Crippen molar-refractivity contribution in [1.29, 1.82) is 0 Å². The fraction of sp³-hybridized carbons (Fsp3) is 0.455. The number of sulfonamides is 1. The largest absolute Gasteiger partial charge is 0.465 e. The normalized spacial score (nSPS) is 19.5. The molecule has 8 nitrogen and oxygen atoms in total. The van der Waals surface area contributed by atoms with Crippen molar-refractivity contribution in [3.05, 3.63) is 52.9 Å². The Hall–Kier alpha value is -2.27. The molecule has 1 aromatic heterocycles. The molecule has 10 heteroatoms. The number of carbonyl (C=O) groups is 2. The molecule has 172 valence electrons. The van der Waals surface area contributed by atoms with Gasteiger partial charge in [0.05, 0.1) is 18.1 Å². The van der Waals surface area contributed by atoms with Crippen molar-refractivity contribution < 1.29 is 27.5 Å². The molecule has 0 bridgehead atoms. The highest BCUT2D eigenvalue weighted by Gasteiger charge is 2.45. The highest BCUT2D eigenvalue weighted by Crippen LogP contribution is 2.37. The van der Waals surface area contributed by atoms with Crippen molar-refractivity contribution in [3.63, 3.8) is 0 Å². The van der Waals surface area contributed by atoms with E-state index in [0.717, 1.165) is 16.9 Å². The molecule has 2 saturated heterocycles. The van der Waals surface area contributed by atoms with Crippen molar-refractivity contribution in [1.82, 2.24) is 9.21 Å². The lowest BCUT2D eigenvalue weighted by atomic mass is 9.73. The molecule has 0 aliphatic carbocycles.